The third-order valence-corrected chi connectivity index (χ3v) is 3.77. The number of esters is 1. The van der Waals surface area contributed by atoms with Crippen LogP contribution < -0.4 is 11.5 Å². The van der Waals surface area contributed by atoms with E-state index < -0.39 is 17.7 Å². The lowest BCUT2D eigenvalue weighted by Gasteiger charge is -2.27. The van der Waals surface area contributed by atoms with Gasteiger partial charge in [0.1, 0.15) is 12.1 Å². The fourth-order valence-electron chi connectivity index (χ4n) is 2.40. The van der Waals surface area contributed by atoms with Crippen LogP contribution in [0.5, 0.6) is 0 Å². The average Bonchev–Trinajstić information content (AvgIpc) is 2.55. The molecular weight excluding hydrogens is 346 g/mol. The van der Waals surface area contributed by atoms with Crippen LogP contribution in [0.25, 0.3) is 0 Å². The SMILES string of the molecule is CCCCOC(=O)CN(CCCc1cc(N)ccc1N)C(=O)OC(C)(C)C. The molecular formula is C20H33N3O4. The summed E-state index contributed by atoms with van der Waals surface area (Å²) in [5.41, 5.74) is 13.3. The Kier molecular flexibility index (Phi) is 8.91. The molecule has 0 aromatic heterocycles. The van der Waals surface area contributed by atoms with Crippen molar-refractivity contribution in [2.24, 2.45) is 0 Å². The van der Waals surface area contributed by atoms with Crippen molar-refractivity contribution in [2.75, 3.05) is 31.2 Å². The van der Waals surface area contributed by atoms with Gasteiger partial charge in [-0.25, -0.2) is 4.79 Å². The maximum absolute atomic E-state index is 12.4. The molecule has 0 saturated carbocycles. The van der Waals surface area contributed by atoms with Crippen LogP contribution in [0.4, 0.5) is 16.2 Å². The van der Waals surface area contributed by atoms with Crippen LogP contribution >= 0.6 is 0 Å². The zero-order valence-corrected chi connectivity index (χ0v) is 16.9. The van der Waals surface area contributed by atoms with Crippen molar-refractivity contribution in [3.05, 3.63) is 23.8 Å². The number of amides is 1. The first-order valence-electron chi connectivity index (χ1n) is 9.39. The van der Waals surface area contributed by atoms with Crippen molar-refractivity contribution in [3.63, 3.8) is 0 Å². The number of aryl methyl sites for hydroxylation is 1. The van der Waals surface area contributed by atoms with Gasteiger partial charge >= 0.3 is 12.1 Å². The Balaban J connectivity index is 2.68. The standard InChI is InChI=1S/C20H33N3O4/c1-5-6-12-26-18(24)14-23(19(25)27-20(2,3)4)11-7-8-15-13-16(21)9-10-17(15)22/h9-10,13H,5-8,11-12,14,21-22H2,1-4H3. The minimum absolute atomic E-state index is 0.134. The molecule has 152 valence electrons. The van der Waals surface area contributed by atoms with E-state index >= 15 is 0 Å². The molecule has 0 radical (unpaired) electrons. The predicted molar refractivity (Wildman–Crippen MR) is 107 cm³/mol. The number of anilines is 2. The minimum Gasteiger partial charge on any atom is -0.464 e. The molecule has 1 rings (SSSR count). The lowest BCUT2D eigenvalue weighted by atomic mass is 10.1. The maximum atomic E-state index is 12.4. The molecule has 0 spiro atoms. The Morgan fingerprint density at radius 3 is 2.48 bits per heavy atom. The van der Waals surface area contributed by atoms with Gasteiger partial charge in [0.15, 0.2) is 0 Å². The van der Waals surface area contributed by atoms with Crippen molar-refractivity contribution in [3.8, 4) is 0 Å². The second kappa shape index (κ2) is 10.6. The van der Waals surface area contributed by atoms with Crippen LogP contribution in [-0.2, 0) is 20.7 Å². The molecule has 1 amide bonds. The van der Waals surface area contributed by atoms with Crippen molar-refractivity contribution in [2.45, 2.75) is 59.0 Å². The van der Waals surface area contributed by atoms with Gasteiger partial charge in [-0.15, -0.1) is 0 Å². The molecule has 0 saturated heterocycles. The number of carbonyl (C=O) groups is 2. The monoisotopic (exact) mass is 379 g/mol. The second-order valence-electron chi connectivity index (χ2n) is 7.54. The number of hydrogen-bond acceptors (Lipinski definition) is 6. The Labute approximate surface area is 162 Å². The van der Waals surface area contributed by atoms with Crippen molar-refractivity contribution in [1.82, 2.24) is 4.90 Å². The lowest BCUT2D eigenvalue weighted by molar-refractivity contribution is -0.145. The summed E-state index contributed by atoms with van der Waals surface area (Å²) >= 11 is 0. The highest BCUT2D eigenvalue weighted by Crippen LogP contribution is 2.18. The molecule has 7 nitrogen and oxygen atoms in total. The van der Waals surface area contributed by atoms with E-state index in [2.05, 4.69) is 0 Å². The maximum Gasteiger partial charge on any atom is 0.410 e. The van der Waals surface area contributed by atoms with E-state index in [1.165, 1.54) is 4.90 Å². The summed E-state index contributed by atoms with van der Waals surface area (Å²) in [4.78, 5) is 25.8. The van der Waals surface area contributed by atoms with Gasteiger partial charge in [0.2, 0.25) is 0 Å². The Morgan fingerprint density at radius 2 is 1.85 bits per heavy atom. The number of benzene rings is 1. The largest absolute Gasteiger partial charge is 0.464 e. The number of nitrogens with two attached hydrogens (primary N) is 2. The highest BCUT2D eigenvalue weighted by atomic mass is 16.6. The normalized spacial score (nSPS) is 11.1. The number of carbonyl (C=O) groups excluding carboxylic acids is 2. The summed E-state index contributed by atoms with van der Waals surface area (Å²) in [5.74, 6) is -0.433. The fraction of sp³-hybridized carbons (Fsp3) is 0.600. The van der Waals surface area contributed by atoms with Gasteiger partial charge in [0.05, 0.1) is 6.61 Å². The number of rotatable bonds is 9. The summed E-state index contributed by atoms with van der Waals surface area (Å²) in [5, 5.41) is 0. The number of unbranched alkanes of at least 4 members (excludes halogenated alkanes) is 1. The van der Waals surface area contributed by atoms with Crippen molar-refractivity contribution >= 4 is 23.4 Å². The Bertz CT molecular complexity index is 626. The van der Waals surface area contributed by atoms with Gasteiger partial charge in [-0.3, -0.25) is 9.69 Å². The zero-order valence-electron chi connectivity index (χ0n) is 16.9. The smallest absolute Gasteiger partial charge is 0.410 e. The highest BCUT2D eigenvalue weighted by Gasteiger charge is 2.24. The number of nitrogen functional groups attached to an aromatic ring is 2. The van der Waals surface area contributed by atoms with Gasteiger partial charge in [0, 0.05) is 17.9 Å². The molecule has 0 atom stereocenters. The topological polar surface area (TPSA) is 108 Å². The van der Waals surface area contributed by atoms with Gasteiger partial charge < -0.3 is 20.9 Å². The van der Waals surface area contributed by atoms with Crippen molar-refractivity contribution < 1.29 is 19.1 Å². The van der Waals surface area contributed by atoms with E-state index in [0.29, 0.717) is 37.4 Å². The molecule has 0 heterocycles. The molecule has 0 bridgehead atoms. The molecule has 1 aromatic carbocycles. The number of nitrogens with zero attached hydrogens (tertiary/aromatic N) is 1. The molecule has 1 aromatic rings. The van der Waals surface area contributed by atoms with Crippen molar-refractivity contribution in [1.29, 1.82) is 0 Å². The first-order valence-corrected chi connectivity index (χ1v) is 9.39. The molecule has 0 fully saturated rings. The predicted octanol–water partition coefficient (Wildman–Crippen LogP) is 3.36. The molecule has 0 aliphatic heterocycles. The third kappa shape index (κ3) is 9.17. The molecule has 27 heavy (non-hydrogen) atoms. The summed E-state index contributed by atoms with van der Waals surface area (Å²) in [6.45, 7) is 7.96. The molecule has 7 heteroatoms. The number of hydrogen-bond donors (Lipinski definition) is 2. The second-order valence-corrected chi connectivity index (χ2v) is 7.54. The highest BCUT2D eigenvalue weighted by molar-refractivity contribution is 5.78. The molecule has 4 N–H and O–H groups in total. The van der Waals surface area contributed by atoms with Crippen LogP contribution in [0, 0.1) is 0 Å². The van der Waals surface area contributed by atoms with Crippen LogP contribution in [-0.4, -0.2) is 42.3 Å². The third-order valence-electron chi connectivity index (χ3n) is 3.77. The van der Waals surface area contributed by atoms with Gasteiger partial charge in [0.25, 0.3) is 0 Å². The molecule has 0 unspecified atom stereocenters. The van der Waals surface area contributed by atoms with E-state index in [1.54, 1.807) is 32.9 Å². The average molecular weight is 380 g/mol. The van der Waals surface area contributed by atoms with Gasteiger partial charge in [-0.2, -0.15) is 0 Å². The fourth-order valence-corrected chi connectivity index (χ4v) is 2.40. The van der Waals surface area contributed by atoms with Crippen LogP contribution in [0.15, 0.2) is 18.2 Å². The summed E-state index contributed by atoms with van der Waals surface area (Å²) in [6, 6.07) is 5.34. The molecule has 0 aliphatic rings. The summed E-state index contributed by atoms with van der Waals surface area (Å²) in [7, 11) is 0. The Hall–Kier alpha value is -2.44. The summed E-state index contributed by atoms with van der Waals surface area (Å²) in [6.07, 6.45) is 2.46. The van der Waals surface area contributed by atoms with Gasteiger partial charge in [-0.05, 0) is 63.8 Å². The summed E-state index contributed by atoms with van der Waals surface area (Å²) < 4.78 is 10.6. The van der Waals surface area contributed by atoms with E-state index in [-0.39, 0.29) is 6.54 Å². The van der Waals surface area contributed by atoms with E-state index in [1.807, 2.05) is 13.0 Å². The van der Waals surface area contributed by atoms with Gasteiger partial charge in [-0.1, -0.05) is 13.3 Å². The van der Waals surface area contributed by atoms with E-state index in [0.717, 1.165) is 18.4 Å². The minimum atomic E-state index is -0.639. The zero-order chi connectivity index (χ0) is 20.4. The Morgan fingerprint density at radius 1 is 1.15 bits per heavy atom. The quantitative estimate of drug-likeness (QED) is 0.387. The molecule has 0 aliphatic carbocycles. The van der Waals surface area contributed by atoms with Crippen LogP contribution in [0.3, 0.4) is 0 Å². The lowest BCUT2D eigenvalue weighted by Crippen LogP contribution is -2.41. The first kappa shape index (κ1) is 22.6. The van der Waals surface area contributed by atoms with Crippen LogP contribution in [0.1, 0.15) is 52.5 Å². The van der Waals surface area contributed by atoms with E-state index in [9.17, 15) is 9.59 Å². The first-order chi connectivity index (χ1) is 12.6. The number of ether oxygens (including phenoxy) is 2. The van der Waals surface area contributed by atoms with Crippen LogP contribution in [0.2, 0.25) is 0 Å². The van der Waals surface area contributed by atoms with E-state index in [4.69, 9.17) is 20.9 Å².